The lowest BCUT2D eigenvalue weighted by atomic mass is 10.2. The number of hydrogen-bond donors (Lipinski definition) is 0. The summed E-state index contributed by atoms with van der Waals surface area (Å²) in [6.45, 7) is 8.41. The smallest absolute Gasteiger partial charge is 0.308 e. The van der Waals surface area contributed by atoms with Gasteiger partial charge >= 0.3 is 5.97 Å². The van der Waals surface area contributed by atoms with Gasteiger partial charge in [0, 0.05) is 23.6 Å². The second kappa shape index (κ2) is 5.08. The highest BCUT2D eigenvalue weighted by molar-refractivity contribution is 5.83. The van der Waals surface area contributed by atoms with Crippen LogP contribution in [0.15, 0.2) is 30.5 Å². The fraction of sp³-hybridized carbons (Fsp3) is 0.438. The van der Waals surface area contributed by atoms with E-state index in [1.54, 1.807) is 0 Å². The lowest BCUT2D eigenvalue weighted by Gasteiger charge is -2.19. The zero-order valence-electron chi connectivity index (χ0n) is 12.1. The van der Waals surface area contributed by atoms with Gasteiger partial charge in [-0.1, -0.05) is 18.2 Å². The van der Waals surface area contributed by atoms with Crippen LogP contribution < -0.4 is 0 Å². The lowest BCUT2D eigenvalue weighted by Crippen LogP contribution is -2.24. The molecule has 0 bridgehead atoms. The van der Waals surface area contributed by atoms with Gasteiger partial charge < -0.3 is 9.30 Å². The third kappa shape index (κ3) is 3.37. The third-order valence-corrected chi connectivity index (χ3v) is 2.96. The second-order valence-corrected chi connectivity index (χ2v) is 5.86. The highest BCUT2D eigenvalue weighted by Crippen LogP contribution is 2.20. The Bertz CT molecular complexity index is 590. The summed E-state index contributed by atoms with van der Waals surface area (Å²) < 4.78 is 7.45. The Morgan fingerprint density at radius 3 is 2.63 bits per heavy atom. The maximum absolute atomic E-state index is 11.7. The van der Waals surface area contributed by atoms with Gasteiger partial charge in [0.2, 0.25) is 0 Å². The molecule has 0 fully saturated rings. The van der Waals surface area contributed by atoms with E-state index in [2.05, 4.69) is 29.8 Å². The summed E-state index contributed by atoms with van der Waals surface area (Å²) >= 11 is 0. The summed E-state index contributed by atoms with van der Waals surface area (Å²) in [5.74, 6) is -0.150. The first-order valence-corrected chi connectivity index (χ1v) is 6.63. The van der Waals surface area contributed by atoms with Crippen molar-refractivity contribution in [3.63, 3.8) is 0 Å². The van der Waals surface area contributed by atoms with Crippen molar-refractivity contribution >= 4 is 16.9 Å². The standard InChI is InChI=1S/C16H21NO2/c1-12-11-17(14-8-6-5-7-13(12)14)10-9-15(18)19-16(2,3)4/h5-8,11H,9-10H2,1-4H3. The number of fused-ring (bicyclic) bond motifs is 1. The van der Waals surface area contributed by atoms with Crippen LogP contribution in [0.5, 0.6) is 0 Å². The van der Waals surface area contributed by atoms with Crippen molar-refractivity contribution in [3.05, 3.63) is 36.0 Å². The van der Waals surface area contributed by atoms with Crippen LogP contribution in [0.4, 0.5) is 0 Å². The second-order valence-electron chi connectivity index (χ2n) is 5.86. The minimum atomic E-state index is -0.411. The summed E-state index contributed by atoms with van der Waals surface area (Å²) in [6.07, 6.45) is 2.49. The van der Waals surface area contributed by atoms with E-state index in [4.69, 9.17) is 4.74 Å². The van der Waals surface area contributed by atoms with Gasteiger partial charge in [-0.15, -0.1) is 0 Å². The molecule has 0 aliphatic heterocycles. The average molecular weight is 259 g/mol. The van der Waals surface area contributed by atoms with E-state index < -0.39 is 5.60 Å². The van der Waals surface area contributed by atoms with Crippen LogP contribution in [0.2, 0.25) is 0 Å². The van der Waals surface area contributed by atoms with Crippen LogP contribution >= 0.6 is 0 Å². The van der Waals surface area contributed by atoms with Crippen molar-refractivity contribution in [3.8, 4) is 0 Å². The van der Waals surface area contributed by atoms with Crippen molar-refractivity contribution in [1.82, 2.24) is 4.57 Å². The molecular formula is C16H21NO2. The molecule has 0 aliphatic carbocycles. The van der Waals surface area contributed by atoms with E-state index in [9.17, 15) is 4.79 Å². The Morgan fingerprint density at radius 1 is 1.26 bits per heavy atom. The molecule has 0 saturated heterocycles. The molecule has 102 valence electrons. The Kier molecular flexibility index (Phi) is 3.65. The molecule has 3 heteroatoms. The minimum Gasteiger partial charge on any atom is -0.460 e. The zero-order valence-corrected chi connectivity index (χ0v) is 12.1. The molecule has 1 aromatic heterocycles. The number of hydrogen-bond acceptors (Lipinski definition) is 2. The van der Waals surface area contributed by atoms with Crippen molar-refractivity contribution < 1.29 is 9.53 Å². The highest BCUT2D eigenvalue weighted by Gasteiger charge is 2.16. The molecule has 0 N–H and O–H groups in total. The number of aromatic nitrogens is 1. The molecule has 0 spiro atoms. The SMILES string of the molecule is Cc1cn(CCC(=O)OC(C)(C)C)c2ccccc12. The van der Waals surface area contributed by atoms with Gasteiger partial charge in [-0.25, -0.2) is 0 Å². The van der Waals surface area contributed by atoms with E-state index in [-0.39, 0.29) is 5.97 Å². The fourth-order valence-corrected chi connectivity index (χ4v) is 2.22. The molecule has 19 heavy (non-hydrogen) atoms. The summed E-state index contributed by atoms with van der Waals surface area (Å²) in [7, 11) is 0. The van der Waals surface area contributed by atoms with Gasteiger partial charge in [0.05, 0.1) is 6.42 Å². The Morgan fingerprint density at radius 2 is 1.95 bits per heavy atom. The molecule has 1 heterocycles. The molecule has 0 atom stereocenters. The number of esters is 1. The number of nitrogens with zero attached hydrogens (tertiary/aromatic N) is 1. The largest absolute Gasteiger partial charge is 0.460 e. The summed E-state index contributed by atoms with van der Waals surface area (Å²) in [5, 5.41) is 1.24. The van der Waals surface area contributed by atoms with Crippen LogP contribution in [0.1, 0.15) is 32.8 Å². The number of aryl methyl sites for hydroxylation is 2. The molecular weight excluding hydrogens is 238 g/mol. The first-order chi connectivity index (χ1) is 8.87. The summed E-state index contributed by atoms with van der Waals surface area (Å²) in [4.78, 5) is 11.7. The van der Waals surface area contributed by atoms with Gasteiger partial charge in [-0.3, -0.25) is 4.79 Å². The molecule has 2 aromatic rings. The number of benzene rings is 1. The van der Waals surface area contributed by atoms with E-state index >= 15 is 0 Å². The van der Waals surface area contributed by atoms with Gasteiger partial charge in [-0.2, -0.15) is 0 Å². The van der Waals surface area contributed by atoms with Crippen molar-refractivity contribution in [2.45, 2.75) is 46.3 Å². The monoisotopic (exact) mass is 259 g/mol. The molecule has 0 amide bonds. The third-order valence-electron chi connectivity index (χ3n) is 2.96. The maximum Gasteiger partial charge on any atom is 0.308 e. The van der Waals surface area contributed by atoms with Crippen LogP contribution in [0.25, 0.3) is 10.9 Å². The van der Waals surface area contributed by atoms with E-state index in [1.165, 1.54) is 16.5 Å². The van der Waals surface area contributed by atoms with E-state index in [0.29, 0.717) is 13.0 Å². The first-order valence-electron chi connectivity index (χ1n) is 6.63. The molecule has 0 radical (unpaired) electrons. The Hall–Kier alpha value is -1.77. The van der Waals surface area contributed by atoms with Crippen LogP contribution in [-0.2, 0) is 16.1 Å². The quantitative estimate of drug-likeness (QED) is 0.787. The average Bonchev–Trinajstić information content (AvgIpc) is 2.62. The van der Waals surface area contributed by atoms with Crippen LogP contribution in [0, 0.1) is 6.92 Å². The van der Waals surface area contributed by atoms with Crippen LogP contribution in [0.3, 0.4) is 0 Å². The highest BCUT2D eigenvalue weighted by atomic mass is 16.6. The lowest BCUT2D eigenvalue weighted by molar-refractivity contribution is -0.155. The predicted molar refractivity (Wildman–Crippen MR) is 77.1 cm³/mol. The van der Waals surface area contributed by atoms with Crippen LogP contribution in [-0.4, -0.2) is 16.1 Å². The molecule has 0 saturated carbocycles. The first kappa shape index (κ1) is 13.7. The number of carbonyl (C=O) groups is 1. The van der Waals surface area contributed by atoms with Gasteiger partial charge in [0.15, 0.2) is 0 Å². The number of rotatable bonds is 3. The molecule has 0 aliphatic rings. The fourth-order valence-electron chi connectivity index (χ4n) is 2.22. The number of ether oxygens (including phenoxy) is 1. The Labute approximate surface area is 114 Å². The Balaban J connectivity index is 2.08. The van der Waals surface area contributed by atoms with Gasteiger partial charge in [0.1, 0.15) is 5.60 Å². The summed E-state index contributed by atoms with van der Waals surface area (Å²) in [6, 6.07) is 8.24. The zero-order chi connectivity index (χ0) is 14.0. The van der Waals surface area contributed by atoms with Gasteiger partial charge in [0.25, 0.3) is 0 Å². The molecule has 2 rings (SSSR count). The van der Waals surface area contributed by atoms with Crippen molar-refractivity contribution in [1.29, 1.82) is 0 Å². The van der Waals surface area contributed by atoms with Crippen molar-refractivity contribution in [2.24, 2.45) is 0 Å². The maximum atomic E-state index is 11.7. The molecule has 0 unspecified atom stereocenters. The number of para-hydroxylation sites is 1. The number of carbonyl (C=O) groups excluding carboxylic acids is 1. The van der Waals surface area contributed by atoms with Crippen molar-refractivity contribution in [2.75, 3.05) is 0 Å². The topological polar surface area (TPSA) is 31.2 Å². The van der Waals surface area contributed by atoms with E-state index in [1.807, 2.05) is 32.9 Å². The van der Waals surface area contributed by atoms with Gasteiger partial charge in [-0.05, 0) is 39.3 Å². The van der Waals surface area contributed by atoms with E-state index in [0.717, 1.165) is 0 Å². The predicted octanol–water partition coefficient (Wildman–Crippen LogP) is 3.68. The molecule has 3 nitrogen and oxygen atoms in total. The molecule has 1 aromatic carbocycles. The minimum absolute atomic E-state index is 0.150. The summed E-state index contributed by atoms with van der Waals surface area (Å²) in [5.41, 5.74) is 1.99. The normalized spacial score (nSPS) is 11.8.